The summed E-state index contributed by atoms with van der Waals surface area (Å²) in [5.74, 6) is -1.70. The first-order valence-corrected chi connectivity index (χ1v) is 5.25. The molecule has 0 bridgehead atoms. The van der Waals surface area contributed by atoms with Crippen molar-refractivity contribution in [2.45, 2.75) is 12.5 Å². The van der Waals surface area contributed by atoms with Crippen LogP contribution in [0.2, 0.25) is 0 Å². The van der Waals surface area contributed by atoms with E-state index in [2.05, 4.69) is 0 Å². The van der Waals surface area contributed by atoms with E-state index in [0.29, 0.717) is 4.90 Å². The van der Waals surface area contributed by atoms with E-state index >= 15 is 0 Å². The molecule has 1 aromatic carbocycles. The molecular weight excluding hydrogens is 238 g/mol. The molecule has 0 spiro atoms. The molecule has 0 radical (unpaired) electrons. The van der Waals surface area contributed by atoms with Gasteiger partial charge in [0.05, 0.1) is 6.54 Å². The molecule has 0 saturated carbocycles. The highest BCUT2D eigenvalue weighted by Gasteiger charge is 2.50. The van der Waals surface area contributed by atoms with Gasteiger partial charge in [0.1, 0.15) is 0 Å². The number of nitrogens with zero attached hydrogens (tertiary/aromatic N) is 1. The fraction of sp³-hybridized carbons (Fsp3) is 0.250. The van der Waals surface area contributed by atoms with Gasteiger partial charge in [0.25, 0.3) is 0 Å². The maximum Gasteiger partial charge on any atom is 0.408 e. The topological polar surface area (TPSA) is 94.9 Å². The van der Waals surface area contributed by atoms with Crippen LogP contribution in [0.3, 0.4) is 0 Å². The summed E-state index contributed by atoms with van der Waals surface area (Å²) in [5, 5.41) is 18.4. The molecule has 2 N–H and O–H groups in total. The molecule has 0 aliphatic carbocycles. The Hall–Kier alpha value is -2.37. The van der Waals surface area contributed by atoms with Crippen molar-refractivity contribution in [2.24, 2.45) is 0 Å². The summed E-state index contributed by atoms with van der Waals surface area (Å²) in [4.78, 5) is 35.0. The molecule has 6 heteroatoms. The molecule has 1 atom stereocenters. The van der Waals surface area contributed by atoms with Crippen molar-refractivity contribution < 1.29 is 24.6 Å². The molecule has 2 rings (SSSR count). The quantitative estimate of drug-likeness (QED) is 0.778. The third-order valence-corrected chi connectivity index (χ3v) is 3.24. The van der Waals surface area contributed by atoms with Crippen molar-refractivity contribution in [1.29, 1.82) is 0 Å². The van der Waals surface area contributed by atoms with Crippen LogP contribution in [0.5, 0.6) is 0 Å². The van der Waals surface area contributed by atoms with E-state index in [1.54, 1.807) is 12.1 Å². The molecule has 18 heavy (non-hydrogen) atoms. The average Bonchev–Trinajstić information content (AvgIpc) is 2.33. The van der Waals surface area contributed by atoms with E-state index in [9.17, 15) is 19.5 Å². The Labute approximate surface area is 102 Å². The van der Waals surface area contributed by atoms with Gasteiger partial charge in [-0.05, 0) is 12.5 Å². The maximum atomic E-state index is 11.8. The molecule has 0 saturated heterocycles. The summed E-state index contributed by atoms with van der Waals surface area (Å²) in [6, 6.07) is 6.18. The van der Waals surface area contributed by atoms with Crippen LogP contribution in [0.25, 0.3) is 0 Å². The van der Waals surface area contributed by atoms with Gasteiger partial charge in [-0.2, -0.15) is 0 Å². The Bertz CT molecular complexity index is 553. The van der Waals surface area contributed by atoms with Crippen molar-refractivity contribution in [3.05, 3.63) is 35.4 Å². The minimum Gasteiger partial charge on any atom is -0.479 e. The van der Waals surface area contributed by atoms with Gasteiger partial charge in [0.2, 0.25) is 0 Å². The first-order valence-electron chi connectivity index (χ1n) is 5.25. The van der Waals surface area contributed by atoms with E-state index < -0.39 is 29.9 Å². The largest absolute Gasteiger partial charge is 0.479 e. The van der Waals surface area contributed by atoms with E-state index in [1.165, 1.54) is 19.1 Å². The second-order valence-corrected chi connectivity index (χ2v) is 4.21. The van der Waals surface area contributed by atoms with Crippen LogP contribution >= 0.6 is 0 Å². The Kier molecular flexibility index (Phi) is 2.58. The highest BCUT2D eigenvalue weighted by atomic mass is 16.4. The Morgan fingerprint density at radius 3 is 2.44 bits per heavy atom. The predicted octanol–water partition coefficient (Wildman–Crippen LogP) is 1.16. The molecule has 0 fully saturated rings. The van der Waals surface area contributed by atoms with Gasteiger partial charge in [0.15, 0.2) is 11.3 Å². The van der Waals surface area contributed by atoms with Crippen molar-refractivity contribution in [2.75, 3.05) is 6.54 Å². The summed E-state index contributed by atoms with van der Waals surface area (Å²) in [6.45, 7) is 0.837. The van der Waals surface area contributed by atoms with E-state index in [0.717, 1.165) is 0 Å². The maximum absolute atomic E-state index is 11.8. The van der Waals surface area contributed by atoms with Gasteiger partial charge in [-0.15, -0.1) is 0 Å². The van der Waals surface area contributed by atoms with Crippen LogP contribution in [0, 0.1) is 0 Å². The van der Waals surface area contributed by atoms with Gasteiger partial charge < -0.3 is 10.2 Å². The lowest BCUT2D eigenvalue weighted by atomic mass is 9.81. The lowest BCUT2D eigenvalue weighted by Crippen LogP contribution is -2.57. The van der Waals surface area contributed by atoms with Gasteiger partial charge in [-0.3, -0.25) is 9.69 Å². The van der Waals surface area contributed by atoms with Crippen molar-refractivity contribution in [1.82, 2.24) is 4.90 Å². The van der Waals surface area contributed by atoms with Crippen molar-refractivity contribution >= 4 is 17.8 Å². The summed E-state index contributed by atoms with van der Waals surface area (Å²) in [5.41, 5.74) is -1.27. The fourth-order valence-electron chi connectivity index (χ4n) is 2.17. The molecule has 1 heterocycles. The van der Waals surface area contributed by atoms with Crippen LogP contribution in [0.1, 0.15) is 22.8 Å². The standard InChI is InChI=1S/C12H11NO5/c1-12(10(15)16)8-5-3-2-4-7(8)9(14)6-13(12)11(17)18/h2-5H,6H2,1H3,(H,15,16)(H,17,18). The number of fused-ring (bicyclic) bond motifs is 1. The zero-order chi connectivity index (χ0) is 13.5. The SMILES string of the molecule is CC1(C(=O)O)c2ccccc2C(=O)CN1C(=O)O. The molecule has 1 amide bonds. The zero-order valence-electron chi connectivity index (χ0n) is 9.58. The van der Waals surface area contributed by atoms with Crippen LogP contribution in [0.4, 0.5) is 4.79 Å². The van der Waals surface area contributed by atoms with Gasteiger partial charge >= 0.3 is 12.1 Å². The summed E-state index contributed by atoms with van der Waals surface area (Å²) in [6.07, 6.45) is -1.43. The number of benzene rings is 1. The number of hydrogen-bond donors (Lipinski definition) is 2. The number of Topliss-reactive ketones (excluding diaryl/α,β-unsaturated/α-hetero) is 1. The fourth-order valence-corrected chi connectivity index (χ4v) is 2.17. The van der Waals surface area contributed by atoms with Crippen molar-refractivity contribution in [3.63, 3.8) is 0 Å². The number of carbonyl (C=O) groups is 3. The lowest BCUT2D eigenvalue weighted by Gasteiger charge is -2.40. The molecule has 0 aromatic heterocycles. The van der Waals surface area contributed by atoms with Crippen molar-refractivity contribution in [3.8, 4) is 0 Å². The first kappa shape index (κ1) is 12.1. The Balaban J connectivity index is 2.72. The highest BCUT2D eigenvalue weighted by molar-refractivity contribution is 6.05. The van der Waals surface area contributed by atoms with Gasteiger partial charge in [0, 0.05) is 5.56 Å². The van der Waals surface area contributed by atoms with Gasteiger partial charge in [-0.25, -0.2) is 9.59 Å². The first-order chi connectivity index (χ1) is 8.39. The molecule has 1 aliphatic rings. The minimum atomic E-state index is -1.74. The van der Waals surface area contributed by atoms with E-state index in [-0.39, 0.29) is 11.1 Å². The third-order valence-electron chi connectivity index (χ3n) is 3.24. The van der Waals surface area contributed by atoms with Crippen LogP contribution in [-0.4, -0.2) is 39.5 Å². The second-order valence-electron chi connectivity index (χ2n) is 4.21. The number of hydrogen-bond acceptors (Lipinski definition) is 3. The van der Waals surface area contributed by atoms with E-state index in [4.69, 9.17) is 5.11 Å². The smallest absolute Gasteiger partial charge is 0.408 e. The number of ketones is 1. The zero-order valence-corrected chi connectivity index (χ0v) is 9.58. The summed E-state index contributed by atoms with van der Waals surface area (Å²) < 4.78 is 0. The predicted molar refractivity (Wildman–Crippen MR) is 60.5 cm³/mol. The second kappa shape index (κ2) is 3.83. The number of aliphatic carboxylic acids is 1. The highest BCUT2D eigenvalue weighted by Crippen LogP contribution is 2.35. The third kappa shape index (κ3) is 1.46. The van der Waals surface area contributed by atoms with Crippen LogP contribution in [-0.2, 0) is 10.3 Å². The molecule has 1 aliphatic heterocycles. The average molecular weight is 249 g/mol. The molecule has 1 unspecified atom stereocenters. The molecular formula is C12H11NO5. The number of amides is 1. The van der Waals surface area contributed by atoms with Crippen LogP contribution in [0.15, 0.2) is 24.3 Å². The number of carbonyl (C=O) groups excluding carboxylic acids is 1. The van der Waals surface area contributed by atoms with Gasteiger partial charge in [-0.1, -0.05) is 24.3 Å². The van der Waals surface area contributed by atoms with Crippen LogP contribution < -0.4 is 0 Å². The number of carboxylic acid groups (broad SMARTS) is 2. The number of rotatable bonds is 1. The normalized spacial score (nSPS) is 22.5. The monoisotopic (exact) mass is 249 g/mol. The molecule has 94 valence electrons. The molecule has 6 nitrogen and oxygen atoms in total. The summed E-state index contributed by atoms with van der Waals surface area (Å²) >= 11 is 0. The Morgan fingerprint density at radius 2 is 1.89 bits per heavy atom. The lowest BCUT2D eigenvalue weighted by molar-refractivity contribution is -0.150. The summed E-state index contributed by atoms with van der Waals surface area (Å²) in [7, 11) is 0. The van der Waals surface area contributed by atoms with E-state index in [1.807, 2.05) is 0 Å². The Morgan fingerprint density at radius 1 is 1.28 bits per heavy atom. The molecule has 1 aromatic rings. The number of carboxylic acids is 1. The minimum absolute atomic E-state index is 0.205.